The molecular formula is C27H35N3O4. The van der Waals surface area contributed by atoms with E-state index in [0.29, 0.717) is 43.7 Å². The Hall–Kier alpha value is -2.90. The van der Waals surface area contributed by atoms with Gasteiger partial charge in [0.05, 0.1) is 20.3 Å². The molecule has 7 heteroatoms. The Labute approximate surface area is 202 Å². The van der Waals surface area contributed by atoms with Gasteiger partial charge in [-0.25, -0.2) is 4.98 Å². The average Bonchev–Trinajstić information content (AvgIpc) is 2.87. The number of rotatable bonds is 4. The fraction of sp³-hybridized carbons (Fsp3) is 0.481. The van der Waals surface area contributed by atoms with Gasteiger partial charge in [-0.05, 0) is 62.4 Å². The molecule has 1 fully saturated rings. The van der Waals surface area contributed by atoms with Crippen molar-refractivity contribution < 1.29 is 19.0 Å². The first-order valence-corrected chi connectivity index (χ1v) is 12.1. The summed E-state index contributed by atoms with van der Waals surface area (Å²) in [6.45, 7) is 7.80. The van der Waals surface area contributed by atoms with Gasteiger partial charge in [0, 0.05) is 54.9 Å². The number of aryl methyl sites for hydroxylation is 1. The van der Waals surface area contributed by atoms with Crippen LogP contribution in [0.2, 0.25) is 0 Å². The normalized spacial score (nSPS) is 17.4. The second-order valence-electron chi connectivity index (χ2n) is 8.72. The van der Waals surface area contributed by atoms with Gasteiger partial charge in [0.15, 0.2) is 0 Å². The van der Waals surface area contributed by atoms with Gasteiger partial charge in [-0.1, -0.05) is 18.2 Å². The summed E-state index contributed by atoms with van der Waals surface area (Å²) in [6.07, 6.45) is 6.79. The number of amides is 1. The van der Waals surface area contributed by atoms with E-state index in [9.17, 15) is 4.79 Å². The number of hydrogen-bond acceptors (Lipinski definition) is 6. The molecule has 1 aromatic carbocycles. The van der Waals surface area contributed by atoms with Crippen LogP contribution in [-0.2, 0) is 29.0 Å². The number of allylic oxidation sites excluding steroid dienone is 1. The van der Waals surface area contributed by atoms with Gasteiger partial charge in [0.25, 0.3) is 5.91 Å². The average molecular weight is 466 g/mol. The van der Waals surface area contributed by atoms with Crippen molar-refractivity contribution in [2.45, 2.75) is 52.3 Å². The molecule has 2 aliphatic rings. The smallest absolute Gasteiger partial charge is 0.251 e. The van der Waals surface area contributed by atoms with Gasteiger partial charge in [0.1, 0.15) is 0 Å². The van der Waals surface area contributed by atoms with Crippen LogP contribution in [0.1, 0.15) is 52.5 Å². The second kappa shape index (κ2) is 11.5. The van der Waals surface area contributed by atoms with E-state index in [1.165, 1.54) is 0 Å². The van der Waals surface area contributed by atoms with Crippen molar-refractivity contribution >= 4 is 11.6 Å². The first kappa shape index (κ1) is 24.2. The molecule has 7 nitrogen and oxygen atoms in total. The molecule has 0 saturated carbocycles. The lowest BCUT2D eigenvalue weighted by atomic mass is 9.97. The van der Waals surface area contributed by atoms with Crippen LogP contribution >= 0.6 is 0 Å². The first-order valence-electron chi connectivity index (χ1n) is 12.1. The minimum Gasteiger partial charge on any atom is -0.481 e. The number of carbonyl (C=O) groups excluding carboxylic acids is 1. The first-order chi connectivity index (χ1) is 16.6. The summed E-state index contributed by atoms with van der Waals surface area (Å²) in [7, 11) is 1.60. The van der Waals surface area contributed by atoms with Crippen LogP contribution in [0.5, 0.6) is 5.88 Å². The van der Waals surface area contributed by atoms with Crippen molar-refractivity contribution in [3.05, 3.63) is 64.4 Å². The van der Waals surface area contributed by atoms with Crippen LogP contribution in [0.15, 0.2) is 36.4 Å². The van der Waals surface area contributed by atoms with Crippen molar-refractivity contribution in [2.24, 2.45) is 0 Å². The number of anilines is 1. The van der Waals surface area contributed by atoms with Gasteiger partial charge in [-0.3, -0.25) is 4.79 Å². The molecule has 1 saturated heterocycles. The third kappa shape index (κ3) is 5.42. The predicted octanol–water partition coefficient (Wildman–Crippen LogP) is 3.96. The molecule has 0 aliphatic carbocycles. The van der Waals surface area contributed by atoms with Crippen LogP contribution < -0.4 is 15.0 Å². The minimum absolute atomic E-state index is 0.0953. The molecule has 0 radical (unpaired) electrons. The number of fused-ring (bicyclic) bond motifs is 2. The van der Waals surface area contributed by atoms with Crippen LogP contribution in [0, 0.1) is 6.92 Å². The fourth-order valence-electron chi connectivity index (χ4n) is 4.89. The van der Waals surface area contributed by atoms with Gasteiger partial charge in [0.2, 0.25) is 5.88 Å². The zero-order valence-electron chi connectivity index (χ0n) is 20.4. The molecule has 0 unspecified atom stereocenters. The van der Waals surface area contributed by atoms with Crippen LogP contribution in [0.25, 0.3) is 0 Å². The van der Waals surface area contributed by atoms with Gasteiger partial charge in [-0.2, -0.15) is 0 Å². The monoisotopic (exact) mass is 465 g/mol. The Kier molecular flexibility index (Phi) is 8.19. The molecule has 2 aromatic rings. The lowest BCUT2D eigenvalue weighted by Gasteiger charge is -2.37. The highest BCUT2D eigenvalue weighted by Crippen LogP contribution is 2.30. The lowest BCUT2D eigenvalue weighted by Crippen LogP contribution is -2.40. The van der Waals surface area contributed by atoms with E-state index >= 15 is 0 Å². The molecule has 1 N–H and O–H groups in total. The molecule has 34 heavy (non-hydrogen) atoms. The number of aromatic nitrogens is 1. The molecule has 182 valence electrons. The van der Waals surface area contributed by atoms with Gasteiger partial charge >= 0.3 is 0 Å². The molecule has 0 bridgehead atoms. The Morgan fingerprint density at radius 3 is 2.76 bits per heavy atom. The van der Waals surface area contributed by atoms with Crippen LogP contribution in [0.4, 0.5) is 5.69 Å². The number of hydrogen-bond donors (Lipinski definition) is 1. The van der Waals surface area contributed by atoms with E-state index in [1.807, 2.05) is 31.2 Å². The SMILES string of the molecule is CCN(c1cccc2c1CC=CCOCc1cc(C)nc(OC)c1CNC2=O)C1CCOCC1. The molecular weight excluding hydrogens is 430 g/mol. The van der Waals surface area contributed by atoms with E-state index in [0.717, 1.165) is 60.7 Å². The summed E-state index contributed by atoms with van der Waals surface area (Å²) >= 11 is 0. The Morgan fingerprint density at radius 1 is 1.18 bits per heavy atom. The zero-order chi connectivity index (χ0) is 23.9. The molecule has 4 rings (SSSR count). The highest BCUT2D eigenvalue weighted by molar-refractivity contribution is 5.97. The number of pyridine rings is 1. The standard InChI is InChI=1S/C27H35N3O4/c1-4-30(21-11-14-33-15-12-21)25-10-7-9-23-22(25)8-5-6-13-34-18-20-16-19(2)29-27(32-3)24(20)17-28-26(23)31/h5-7,9-10,16,21H,4,8,11-15,17-18H2,1-3H3,(H,28,31). The number of ether oxygens (including phenoxy) is 3. The van der Waals surface area contributed by atoms with Crippen LogP contribution in [-0.4, -0.2) is 50.4 Å². The van der Waals surface area contributed by atoms with Crippen molar-refractivity contribution in [1.82, 2.24) is 10.3 Å². The summed E-state index contributed by atoms with van der Waals surface area (Å²) in [5.74, 6) is 0.428. The molecule has 1 amide bonds. The maximum absolute atomic E-state index is 13.5. The topological polar surface area (TPSA) is 72.9 Å². The second-order valence-corrected chi connectivity index (χ2v) is 8.72. The van der Waals surface area contributed by atoms with Crippen molar-refractivity contribution in [1.29, 1.82) is 0 Å². The molecule has 2 aliphatic heterocycles. The van der Waals surface area contributed by atoms with E-state index in [1.54, 1.807) is 7.11 Å². The molecule has 0 spiro atoms. The van der Waals surface area contributed by atoms with Crippen LogP contribution in [0.3, 0.4) is 0 Å². The maximum atomic E-state index is 13.5. The molecule has 1 aromatic heterocycles. The summed E-state index contributed by atoms with van der Waals surface area (Å²) < 4.78 is 17.0. The number of nitrogens with zero attached hydrogens (tertiary/aromatic N) is 2. The largest absolute Gasteiger partial charge is 0.481 e. The summed E-state index contributed by atoms with van der Waals surface area (Å²) in [5, 5.41) is 3.11. The zero-order valence-corrected chi connectivity index (χ0v) is 20.4. The Bertz CT molecular complexity index is 1030. The molecule has 0 atom stereocenters. The number of nitrogens with one attached hydrogen (secondary N) is 1. The summed E-state index contributed by atoms with van der Waals surface area (Å²) in [6, 6.07) is 8.45. The van der Waals surface area contributed by atoms with E-state index in [-0.39, 0.29) is 5.91 Å². The summed E-state index contributed by atoms with van der Waals surface area (Å²) in [4.78, 5) is 20.4. The third-order valence-corrected chi connectivity index (χ3v) is 6.56. The highest BCUT2D eigenvalue weighted by atomic mass is 16.5. The Morgan fingerprint density at radius 2 is 2.00 bits per heavy atom. The summed E-state index contributed by atoms with van der Waals surface area (Å²) in [5.41, 5.74) is 5.54. The van der Waals surface area contributed by atoms with Gasteiger partial charge < -0.3 is 24.4 Å². The third-order valence-electron chi connectivity index (χ3n) is 6.56. The van der Waals surface area contributed by atoms with E-state index < -0.39 is 0 Å². The van der Waals surface area contributed by atoms with Crippen molar-refractivity contribution in [3.8, 4) is 5.88 Å². The maximum Gasteiger partial charge on any atom is 0.251 e. The number of methoxy groups -OCH3 is 1. The van der Waals surface area contributed by atoms with Crippen molar-refractivity contribution in [3.63, 3.8) is 0 Å². The predicted molar refractivity (Wildman–Crippen MR) is 132 cm³/mol. The Balaban J connectivity index is 1.70. The fourth-order valence-corrected chi connectivity index (χ4v) is 4.89. The number of carbonyl (C=O) groups is 1. The molecule has 3 heterocycles. The van der Waals surface area contributed by atoms with Crippen molar-refractivity contribution in [2.75, 3.05) is 38.4 Å². The van der Waals surface area contributed by atoms with E-state index in [2.05, 4.69) is 34.3 Å². The van der Waals surface area contributed by atoms with E-state index in [4.69, 9.17) is 14.2 Å². The minimum atomic E-state index is -0.0953. The quantitative estimate of drug-likeness (QED) is 0.689. The number of benzene rings is 1. The van der Waals surface area contributed by atoms with Gasteiger partial charge in [-0.15, -0.1) is 0 Å². The lowest BCUT2D eigenvalue weighted by molar-refractivity contribution is 0.0845. The highest BCUT2D eigenvalue weighted by Gasteiger charge is 2.25.